The number of aliphatic hydroxyl groups excluding tert-OH is 1. The summed E-state index contributed by atoms with van der Waals surface area (Å²) in [4.78, 5) is 25.2. The number of benzene rings is 2. The minimum Gasteiger partial charge on any atom is -0.497 e. The molecule has 2 heterocycles. The Bertz CT molecular complexity index is 1220. The fraction of sp³-hybridized carbons (Fsp3) is 0.304. The molecule has 3 aromatic rings. The number of hydrogen-bond acceptors (Lipinski definition) is 9. The second-order valence-corrected chi connectivity index (χ2v) is 8.70. The van der Waals surface area contributed by atoms with Crippen LogP contribution in [0.4, 0.5) is 4.39 Å². The van der Waals surface area contributed by atoms with Gasteiger partial charge in [0.05, 0.1) is 33.1 Å². The third kappa shape index (κ3) is 6.21. The van der Waals surface area contributed by atoms with Gasteiger partial charge in [0.2, 0.25) is 5.82 Å². The molecule has 0 bridgehead atoms. The number of rotatable bonds is 10. The van der Waals surface area contributed by atoms with Crippen molar-refractivity contribution in [3.05, 3.63) is 81.4 Å². The van der Waals surface area contributed by atoms with Crippen LogP contribution in [0, 0.1) is 5.82 Å². The molecule has 192 valence electrons. The number of methoxy groups -OCH3 is 2. The average molecular weight is 522 g/mol. The molecule has 1 fully saturated rings. The zero-order valence-corrected chi connectivity index (χ0v) is 20.2. The van der Waals surface area contributed by atoms with Gasteiger partial charge in [-0.05, 0) is 48.5 Å². The lowest BCUT2D eigenvalue weighted by molar-refractivity contribution is -0.0423. The normalized spacial score (nSPS) is 19.3. The van der Waals surface area contributed by atoms with E-state index in [0.29, 0.717) is 23.0 Å². The lowest BCUT2D eigenvalue weighted by Gasteiger charge is -2.21. The van der Waals surface area contributed by atoms with Crippen molar-refractivity contribution in [3.8, 4) is 23.0 Å². The van der Waals surface area contributed by atoms with Crippen LogP contribution in [0.2, 0.25) is 0 Å². The number of aliphatic hydroxyl groups is 1. The topological polar surface area (TPSA) is 130 Å². The van der Waals surface area contributed by atoms with Crippen molar-refractivity contribution in [2.45, 2.75) is 24.9 Å². The molecule has 0 radical (unpaired) electrons. The summed E-state index contributed by atoms with van der Waals surface area (Å²) in [7, 11) is 1.09. The van der Waals surface area contributed by atoms with Crippen LogP contribution < -0.4 is 29.8 Å². The molecule has 11 nitrogen and oxygen atoms in total. The number of halogens is 1. The largest absolute Gasteiger partial charge is 0.497 e. The highest BCUT2D eigenvalue weighted by atomic mass is 31.2. The Morgan fingerprint density at radius 3 is 2.06 bits per heavy atom. The van der Waals surface area contributed by atoms with E-state index in [9.17, 15) is 19.1 Å². The number of nitrogens with zero attached hydrogens (tertiary/aromatic N) is 1. The number of nitrogens with one attached hydrogen (secondary N) is 1. The first-order valence-corrected chi connectivity index (χ1v) is 11.9. The van der Waals surface area contributed by atoms with Gasteiger partial charge in [-0.15, -0.1) is 0 Å². The molecule has 1 aliphatic heterocycles. The molecule has 0 saturated carbocycles. The second-order valence-electron chi connectivity index (χ2n) is 7.63. The Kier molecular flexibility index (Phi) is 8.21. The first-order chi connectivity index (χ1) is 17.4. The lowest BCUT2D eigenvalue weighted by atomic mass is 10.2. The molecular weight excluding hydrogens is 498 g/mol. The SMILES string of the molecule is COc1ccc(OP(OCC2OC(n3cc(F)c(=O)[nH]c3=O)CC2O)Oc2ccc(OC)cc2)cc1. The van der Waals surface area contributed by atoms with E-state index >= 15 is 0 Å². The van der Waals surface area contributed by atoms with E-state index in [1.807, 2.05) is 4.98 Å². The molecule has 2 aromatic carbocycles. The predicted octanol–water partition coefficient (Wildman–Crippen LogP) is 2.74. The zero-order chi connectivity index (χ0) is 25.7. The lowest BCUT2D eigenvalue weighted by Crippen LogP contribution is -2.34. The van der Waals surface area contributed by atoms with Crippen LogP contribution in [0.25, 0.3) is 0 Å². The molecule has 0 amide bonds. The maximum Gasteiger partial charge on any atom is 0.463 e. The summed E-state index contributed by atoms with van der Waals surface area (Å²) < 4.78 is 48.2. The quantitative estimate of drug-likeness (QED) is 0.386. The highest BCUT2D eigenvalue weighted by Gasteiger charge is 2.37. The average Bonchev–Trinajstić information content (AvgIpc) is 3.25. The summed E-state index contributed by atoms with van der Waals surface area (Å²) in [5, 5.41) is 10.5. The zero-order valence-electron chi connectivity index (χ0n) is 19.3. The van der Waals surface area contributed by atoms with Gasteiger partial charge in [0, 0.05) is 6.42 Å². The predicted molar refractivity (Wildman–Crippen MR) is 126 cm³/mol. The second kappa shape index (κ2) is 11.5. The van der Waals surface area contributed by atoms with Crippen molar-refractivity contribution >= 4 is 8.60 Å². The molecular formula is C23H24FN2O9P. The standard InChI is InChI=1S/C23H24FN2O9P/c1-30-14-3-7-16(8-4-14)34-36(35-17-9-5-15(31-2)6-10-17)32-13-20-19(27)11-21(33-20)26-12-18(24)22(28)25-23(26)29/h3-10,12,19-21,27H,11,13H2,1-2H3,(H,25,28,29). The molecule has 0 spiro atoms. The van der Waals surface area contributed by atoms with Crippen molar-refractivity contribution in [2.24, 2.45) is 0 Å². The van der Waals surface area contributed by atoms with Crippen LogP contribution in [0.15, 0.2) is 64.3 Å². The summed E-state index contributed by atoms with van der Waals surface area (Å²) in [5.41, 5.74) is -1.99. The van der Waals surface area contributed by atoms with Crippen LogP contribution in [0.3, 0.4) is 0 Å². The van der Waals surface area contributed by atoms with E-state index in [1.54, 1.807) is 62.8 Å². The molecule has 1 aromatic heterocycles. The van der Waals surface area contributed by atoms with E-state index in [2.05, 4.69) is 0 Å². The van der Waals surface area contributed by atoms with E-state index in [4.69, 9.17) is 27.8 Å². The van der Waals surface area contributed by atoms with Gasteiger partial charge in [0.1, 0.15) is 35.3 Å². The van der Waals surface area contributed by atoms with Crippen molar-refractivity contribution < 1.29 is 37.3 Å². The van der Waals surface area contributed by atoms with Crippen molar-refractivity contribution in [2.75, 3.05) is 20.8 Å². The minimum atomic E-state index is -2.01. The summed E-state index contributed by atoms with van der Waals surface area (Å²) in [6, 6.07) is 13.6. The van der Waals surface area contributed by atoms with E-state index in [1.165, 1.54) is 0 Å². The number of ether oxygens (including phenoxy) is 3. The Labute approximate surface area is 205 Å². The van der Waals surface area contributed by atoms with Crippen LogP contribution in [0.1, 0.15) is 12.6 Å². The minimum absolute atomic E-state index is 0.0178. The molecule has 2 N–H and O–H groups in total. The molecule has 36 heavy (non-hydrogen) atoms. The van der Waals surface area contributed by atoms with Gasteiger partial charge in [-0.1, -0.05) is 0 Å². The monoisotopic (exact) mass is 522 g/mol. The number of hydrogen-bond donors (Lipinski definition) is 2. The summed E-state index contributed by atoms with van der Waals surface area (Å²) in [5.74, 6) is 1.06. The maximum atomic E-state index is 13.7. The first kappa shape index (κ1) is 25.6. The van der Waals surface area contributed by atoms with Crippen molar-refractivity contribution in [1.82, 2.24) is 9.55 Å². The van der Waals surface area contributed by atoms with Crippen LogP contribution >= 0.6 is 8.60 Å². The fourth-order valence-corrected chi connectivity index (χ4v) is 4.36. The molecule has 13 heteroatoms. The van der Waals surface area contributed by atoms with Gasteiger partial charge in [-0.3, -0.25) is 18.9 Å². The molecule has 1 saturated heterocycles. The van der Waals surface area contributed by atoms with Gasteiger partial charge in [-0.25, -0.2) is 4.79 Å². The van der Waals surface area contributed by atoms with Gasteiger partial charge in [0.25, 0.3) is 5.56 Å². The number of aromatic amines is 1. The molecule has 1 aliphatic rings. The number of aromatic nitrogens is 2. The van der Waals surface area contributed by atoms with Gasteiger partial charge >= 0.3 is 14.3 Å². The van der Waals surface area contributed by atoms with Crippen molar-refractivity contribution in [3.63, 3.8) is 0 Å². The fourth-order valence-electron chi connectivity index (χ4n) is 3.36. The van der Waals surface area contributed by atoms with Crippen molar-refractivity contribution in [1.29, 1.82) is 0 Å². The number of H-pyrrole nitrogens is 1. The Morgan fingerprint density at radius 2 is 1.53 bits per heavy atom. The van der Waals surface area contributed by atoms with Gasteiger partial charge < -0.3 is 28.4 Å². The molecule has 4 rings (SSSR count). The van der Waals surface area contributed by atoms with Crippen LogP contribution in [-0.4, -0.2) is 47.7 Å². The van der Waals surface area contributed by atoms with E-state index in [-0.39, 0.29) is 13.0 Å². The maximum absolute atomic E-state index is 13.7. The Balaban J connectivity index is 1.45. The van der Waals surface area contributed by atoms with Crippen LogP contribution in [-0.2, 0) is 9.26 Å². The Hall–Kier alpha value is -3.44. The third-order valence-corrected chi connectivity index (χ3v) is 6.34. The third-order valence-electron chi connectivity index (χ3n) is 5.26. The molecule has 3 atom stereocenters. The first-order valence-electron chi connectivity index (χ1n) is 10.8. The van der Waals surface area contributed by atoms with Crippen LogP contribution in [0.5, 0.6) is 23.0 Å². The highest BCUT2D eigenvalue weighted by molar-refractivity contribution is 7.42. The summed E-state index contributed by atoms with van der Waals surface area (Å²) in [6.07, 6.45) is -2.18. The Morgan fingerprint density at radius 1 is 1.00 bits per heavy atom. The van der Waals surface area contributed by atoms with Gasteiger partial charge in [0.15, 0.2) is 0 Å². The van der Waals surface area contributed by atoms with E-state index < -0.39 is 44.1 Å². The summed E-state index contributed by atoms with van der Waals surface area (Å²) in [6.45, 7) is -0.156. The van der Waals surface area contributed by atoms with Gasteiger partial charge in [-0.2, -0.15) is 4.39 Å². The molecule has 0 aliphatic carbocycles. The summed E-state index contributed by atoms with van der Waals surface area (Å²) >= 11 is 0. The smallest absolute Gasteiger partial charge is 0.463 e. The van der Waals surface area contributed by atoms with E-state index in [0.717, 1.165) is 10.8 Å². The highest BCUT2D eigenvalue weighted by Crippen LogP contribution is 2.43. The molecule has 3 unspecified atom stereocenters.